The largest absolute Gasteiger partial charge is 0.372 e. The number of hydrogen-bond acceptors (Lipinski definition) is 5. The Morgan fingerprint density at radius 1 is 1.03 bits per heavy atom. The van der Waals surface area contributed by atoms with Crippen molar-refractivity contribution in [2.75, 3.05) is 35.3 Å². The van der Waals surface area contributed by atoms with E-state index in [-0.39, 0.29) is 12.2 Å². The summed E-state index contributed by atoms with van der Waals surface area (Å²) in [6.45, 7) is 7.76. The Morgan fingerprint density at radius 3 is 2.23 bits per heavy atom. The number of carbonyl (C=O) groups excluding carboxylic acids is 2. The van der Waals surface area contributed by atoms with E-state index in [0.717, 1.165) is 30.6 Å². The predicted molar refractivity (Wildman–Crippen MR) is 125 cm³/mol. The Kier molecular flexibility index (Phi) is 8.62. The third-order valence-corrected chi connectivity index (χ3v) is 5.92. The summed E-state index contributed by atoms with van der Waals surface area (Å²) in [4.78, 5) is 27.7. The molecule has 0 heterocycles. The molecule has 2 aromatic rings. The van der Waals surface area contributed by atoms with E-state index in [1.165, 1.54) is 0 Å². The maximum Gasteiger partial charge on any atom is 0.251 e. The molecule has 0 saturated heterocycles. The van der Waals surface area contributed by atoms with Gasteiger partial charge in [0.15, 0.2) is 0 Å². The van der Waals surface area contributed by atoms with Crippen molar-refractivity contribution < 1.29 is 18.0 Å². The molecule has 2 amide bonds. The normalized spacial score (nSPS) is 12.1. The fraction of sp³-hybridized carbons (Fsp3) is 0.391. The van der Waals surface area contributed by atoms with E-state index < -0.39 is 27.7 Å². The highest BCUT2D eigenvalue weighted by Crippen LogP contribution is 2.18. The molecule has 31 heavy (non-hydrogen) atoms. The van der Waals surface area contributed by atoms with Crippen LogP contribution in [0, 0.1) is 6.92 Å². The van der Waals surface area contributed by atoms with Crippen molar-refractivity contribution in [2.45, 2.75) is 33.2 Å². The molecule has 0 aliphatic rings. The Bertz CT molecular complexity index is 1000. The average Bonchev–Trinajstić information content (AvgIpc) is 2.72. The van der Waals surface area contributed by atoms with Crippen molar-refractivity contribution in [3.05, 3.63) is 59.7 Å². The molecule has 0 fully saturated rings. The number of carbonyl (C=O) groups is 2. The van der Waals surface area contributed by atoms with Gasteiger partial charge in [-0.2, -0.15) is 0 Å². The van der Waals surface area contributed by atoms with Gasteiger partial charge in [-0.25, -0.2) is 8.42 Å². The molecular weight excluding hydrogens is 414 g/mol. The Morgan fingerprint density at radius 2 is 1.68 bits per heavy atom. The van der Waals surface area contributed by atoms with Crippen LogP contribution in [0.1, 0.15) is 36.2 Å². The third kappa shape index (κ3) is 7.71. The van der Waals surface area contributed by atoms with Crippen LogP contribution in [0.4, 0.5) is 11.4 Å². The van der Waals surface area contributed by atoms with E-state index in [1.54, 1.807) is 30.3 Å². The zero-order valence-electron chi connectivity index (χ0n) is 18.5. The lowest BCUT2D eigenvalue weighted by Crippen LogP contribution is -2.44. The molecule has 0 aromatic heterocycles. The SMILES string of the molecule is CCN(CC)c1ccc(NC(=O)C(CCS(C)(=O)=O)NC(=O)c2cccc(C)c2)cc1. The molecule has 2 aromatic carbocycles. The average molecular weight is 446 g/mol. The van der Waals surface area contributed by atoms with Gasteiger partial charge in [-0.05, 0) is 63.6 Å². The summed E-state index contributed by atoms with van der Waals surface area (Å²) in [6.07, 6.45) is 1.09. The molecule has 8 heteroatoms. The molecule has 0 aliphatic carbocycles. The van der Waals surface area contributed by atoms with Crippen molar-refractivity contribution >= 4 is 33.0 Å². The third-order valence-electron chi connectivity index (χ3n) is 4.94. The molecule has 2 N–H and O–H groups in total. The fourth-order valence-corrected chi connectivity index (χ4v) is 3.87. The van der Waals surface area contributed by atoms with Gasteiger partial charge < -0.3 is 15.5 Å². The van der Waals surface area contributed by atoms with E-state index >= 15 is 0 Å². The topological polar surface area (TPSA) is 95.6 Å². The number of benzene rings is 2. The maximum atomic E-state index is 12.9. The standard InChI is InChI=1S/C23H31N3O4S/c1-5-26(6-2)20-12-10-19(11-13-20)24-23(28)21(14-15-31(4,29)30)25-22(27)18-9-7-8-17(3)16-18/h7-13,16,21H,5-6,14-15H2,1-4H3,(H,24,28)(H,25,27). The maximum absolute atomic E-state index is 12.9. The van der Waals surface area contributed by atoms with Crippen LogP contribution in [0.15, 0.2) is 48.5 Å². The first-order valence-electron chi connectivity index (χ1n) is 10.3. The summed E-state index contributed by atoms with van der Waals surface area (Å²) < 4.78 is 23.3. The predicted octanol–water partition coefficient (Wildman–Crippen LogP) is 3.01. The summed E-state index contributed by atoms with van der Waals surface area (Å²) in [7, 11) is -3.29. The van der Waals surface area contributed by atoms with Crippen molar-refractivity contribution in [3.8, 4) is 0 Å². The Labute approximate surface area is 184 Å². The van der Waals surface area contributed by atoms with E-state index in [4.69, 9.17) is 0 Å². The number of anilines is 2. The van der Waals surface area contributed by atoms with Crippen LogP contribution < -0.4 is 15.5 Å². The molecule has 0 saturated carbocycles. The smallest absolute Gasteiger partial charge is 0.251 e. The number of hydrogen-bond donors (Lipinski definition) is 2. The zero-order chi connectivity index (χ0) is 23.0. The van der Waals surface area contributed by atoms with E-state index in [9.17, 15) is 18.0 Å². The molecule has 0 spiro atoms. The molecule has 1 unspecified atom stereocenters. The van der Waals surface area contributed by atoms with Gasteiger partial charge in [-0.3, -0.25) is 9.59 Å². The van der Waals surface area contributed by atoms with Crippen LogP contribution in [-0.2, 0) is 14.6 Å². The summed E-state index contributed by atoms with van der Waals surface area (Å²) in [5, 5.41) is 5.46. The number of aryl methyl sites for hydroxylation is 1. The molecule has 0 aliphatic heterocycles. The molecule has 168 valence electrons. The zero-order valence-corrected chi connectivity index (χ0v) is 19.3. The number of nitrogens with one attached hydrogen (secondary N) is 2. The van der Waals surface area contributed by atoms with Crippen LogP contribution in [0.3, 0.4) is 0 Å². The molecule has 0 bridgehead atoms. The molecule has 1 atom stereocenters. The fourth-order valence-electron chi connectivity index (χ4n) is 3.20. The van der Waals surface area contributed by atoms with Crippen molar-refractivity contribution in [1.29, 1.82) is 0 Å². The van der Waals surface area contributed by atoms with E-state index in [0.29, 0.717) is 11.3 Å². The summed E-state index contributed by atoms with van der Waals surface area (Å²) >= 11 is 0. The van der Waals surface area contributed by atoms with Crippen molar-refractivity contribution in [1.82, 2.24) is 5.32 Å². The molecule has 2 rings (SSSR count). The first-order valence-corrected chi connectivity index (χ1v) is 12.4. The Hall–Kier alpha value is -2.87. The van der Waals surface area contributed by atoms with Crippen LogP contribution in [-0.4, -0.2) is 51.4 Å². The highest BCUT2D eigenvalue weighted by Gasteiger charge is 2.23. The van der Waals surface area contributed by atoms with Gasteiger partial charge in [0.05, 0.1) is 5.75 Å². The van der Waals surface area contributed by atoms with Gasteiger partial charge in [0.25, 0.3) is 5.91 Å². The summed E-state index contributed by atoms with van der Waals surface area (Å²) in [6, 6.07) is 13.4. The van der Waals surface area contributed by atoms with Gasteiger partial charge >= 0.3 is 0 Å². The number of amides is 2. The number of sulfone groups is 1. The van der Waals surface area contributed by atoms with E-state index in [2.05, 4.69) is 29.4 Å². The second kappa shape index (κ2) is 10.9. The minimum Gasteiger partial charge on any atom is -0.372 e. The second-order valence-corrected chi connectivity index (χ2v) is 9.78. The minimum absolute atomic E-state index is 0.0141. The van der Waals surface area contributed by atoms with Crippen LogP contribution in [0.2, 0.25) is 0 Å². The van der Waals surface area contributed by atoms with Crippen LogP contribution in [0.5, 0.6) is 0 Å². The monoisotopic (exact) mass is 445 g/mol. The van der Waals surface area contributed by atoms with Gasteiger partial charge in [-0.1, -0.05) is 17.7 Å². The van der Waals surface area contributed by atoms with Crippen molar-refractivity contribution in [2.24, 2.45) is 0 Å². The lowest BCUT2D eigenvalue weighted by atomic mass is 10.1. The lowest BCUT2D eigenvalue weighted by Gasteiger charge is -2.22. The molecule has 7 nitrogen and oxygen atoms in total. The Balaban J connectivity index is 2.14. The summed E-state index contributed by atoms with van der Waals surface area (Å²) in [5.41, 5.74) is 2.96. The molecular formula is C23H31N3O4S. The number of nitrogens with zero attached hydrogens (tertiary/aromatic N) is 1. The first-order chi connectivity index (χ1) is 14.6. The van der Waals surface area contributed by atoms with Gasteiger partial charge in [0.2, 0.25) is 5.91 Å². The first kappa shape index (κ1) is 24.4. The second-order valence-electron chi connectivity index (χ2n) is 7.52. The van der Waals surface area contributed by atoms with Crippen molar-refractivity contribution in [3.63, 3.8) is 0 Å². The van der Waals surface area contributed by atoms with Gasteiger partial charge in [0.1, 0.15) is 15.9 Å². The van der Waals surface area contributed by atoms with Crippen LogP contribution in [0.25, 0.3) is 0 Å². The quantitative estimate of drug-likeness (QED) is 0.586. The lowest BCUT2D eigenvalue weighted by molar-refractivity contribution is -0.118. The summed E-state index contributed by atoms with van der Waals surface area (Å²) in [5.74, 6) is -1.09. The highest BCUT2D eigenvalue weighted by atomic mass is 32.2. The minimum atomic E-state index is -3.29. The van der Waals surface area contributed by atoms with Crippen LogP contribution >= 0.6 is 0 Å². The number of rotatable bonds is 10. The molecule has 0 radical (unpaired) electrons. The van der Waals surface area contributed by atoms with Gasteiger partial charge in [-0.15, -0.1) is 0 Å². The van der Waals surface area contributed by atoms with E-state index in [1.807, 2.05) is 25.1 Å². The van der Waals surface area contributed by atoms with Gasteiger partial charge in [0, 0.05) is 36.3 Å². The highest BCUT2D eigenvalue weighted by molar-refractivity contribution is 7.90.